The number of rotatable bonds is 8. The lowest BCUT2D eigenvalue weighted by Gasteiger charge is -2.12. The molecule has 0 atom stereocenters. The van der Waals surface area contributed by atoms with Gasteiger partial charge in [0.1, 0.15) is 18.1 Å². The van der Waals surface area contributed by atoms with Crippen LogP contribution >= 0.6 is 27.5 Å². The highest BCUT2D eigenvalue weighted by Crippen LogP contribution is 2.35. The number of halogens is 2. The van der Waals surface area contributed by atoms with Crippen LogP contribution in [0.4, 0.5) is 0 Å². The molecule has 0 aliphatic rings. The molecular formula is C24H22BrClN2O3. The molecule has 5 nitrogen and oxygen atoms in total. The molecule has 0 aromatic heterocycles. The van der Waals surface area contributed by atoms with Gasteiger partial charge in [-0.2, -0.15) is 5.10 Å². The SMILES string of the molecule is Cc1cc(OCC(=O)N/N=C/c2ccc(OCc3ccccc3)cc2)c(Br)c(C)c1Cl. The smallest absolute Gasteiger partial charge is 0.277 e. The van der Waals surface area contributed by atoms with Crippen molar-refractivity contribution in [2.45, 2.75) is 20.5 Å². The van der Waals surface area contributed by atoms with E-state index in [-0.39, 0.29) is 12.5 Å². The molecule has 0 aliphatic carbocycles. The normalized spacial score (nSPS) is 10.8. The van der Waals surface area contributed by atoms with Gasteiger partial charge in [-0.1, -0.05) is 41.9 Å². The number of nitrogens with zero attached hydrogens (tertiary/aromatic N) is 1. The number of hydrogen-bond acceptors (Lipinski definition) is 4. The minimum absolute atomic E-state index is 0.164. The second-order valence-corrected chi connectivity index (χ2v) is 8.04. The Labute approximate surface area is 195 Å². The second kappa shape index (κ2) is 11.0. The summed E-state index contributed by atoms with van der Waals surface area (Å²) < 4.78 is 12.1. The zero-order valence-corrected chi connectivity index (χ0v) is 19.5. The van der Waals surface area contributed by atoms with E-state index in [9.17, 15) is 4.79 Å². The predicted octanol–water partition coefficient (Wildman–Crippen LogP) is 5.83. The fourth-order valence-electron chi connectivity index (χ4n) is 2.75. The molecule has 0 unspecified atom stereocenters. The van der Waals surface area contributed by atoms with Crippen molar-refractivity contribution in [3.8, 4) is 11.5 Å². The third-order valence-electron chi connectivity index (χ3n) is 4.46. The highest BCUT2D eigenvalue weighted by Gasteiger charge is 2.12. The Kier molecular flexibility index (Phi) is 8.09. The summed E-state index contributed by atoms with van der Waals surface area (Å²) in [4.78, 5) is 12.0. The molecule has 0 aliphatic heterocycles. The van der Waals surface area contributed by atoms with Crippen molar-refractivity contribution < 1.29 is 14.3 Å². The van der Waals surface area contributed by atoms with Crippen LogP contribution in [0.15, 0.2) is 70.2 Å². The molecule has 3 aromatic carbocycles. The number of hydrazone groups is 1. The van der Waals surface area contributed by atoms with Gasteiger partial charge >= 0.3 is 0 Å². The molecule has 0 saturated carbocycles. The first-order chi connectivity index (χ1) is 14.9. The van der Waals surface area contributed by atoms with Gasteiger partial charge in [-0.25, -0.2) is 5.43 Å². The van der Waals surface area contributed by atoms with Crippen LogP contribution in [0.1, 0.15) is 22.3 Å². The maximum atomic E-state index is 12.0. The van der Waals surface area contributed by atoms with E-state index < -0.39 is 0 Å². The van der Waals surface area contributed by atoms with Gasteiger partial charge in [0.2, 0.25) is 0 Å². The van der Waals surface area contributed by atoms with Crippen LogP contribution in [0.2, 0.25) is 5.02 Å². The third-order valence-corrected chi connectivity index (χ3v) is 6.03. The van der Waals surface area contributed by atoms with Gasteiger partial charge < -0.3 is 9.47 Å². The van der Waals surface area contributed by atoms with E-state index in [1.165, 1.54) is 0 Å². The predicted molar refractivity (Wildman–Crippen MR) is 127 cm³/mol. The van der Waals surface area contributed by atoms with Crippen LogP contribution in [-0.2, 0) is 11.4 Å². The highest BCUT2D eigenvalue weighted by atomic mass is 79.9. The molecule has 3 rings (SSSR count). The molecule has 0 saturated heterocycles. The molecular weight excluding hydrogens is 480 g/mol. The van der Waals surface area contributed by atoms with Crippen molar-refractivity contribution in [1.29, 1.82) is 0 Å². The molecule has 0 radical (unpaired) electrons. The van der Waals surface area contributed by atoms with Crippen LogP contribution in [-0.4, -0.2) is 18.7 Å². The topological polar surface area (TPSA) is 59.9 Å². The van der Waals surface area contributed by atoms with E-state index in [4.69, 9.17) is 21.1 Å². The Morgan fingerprint density at radius 2 is 1.81 bits per heavy atom. The number of nitrogens with one attached hydrogen (secondary N) is 1. The Morgan fingerprint density at radius 1 is 1.10 bits per heavy atom. The van der Waals surface area contributed by atoms with Crippen molar-refractivity contribution in [2.75, 3.05) is 6.61 Å². The Balaban J connectivity index is 1.46. The summed E-state index contributed by atoms with van der Waals surface area (Å²) in [5, 5.41) is 4.64. The van der Waals surface area contributed by atoms with E-state index in [1.807, 2.05) is 68.4 Å². The largest absolute Gasteiger partial charge is 0.489 e. The first-order valence-corrected chi connectivity index (χ1v) is 10.8. The van der Waals surface area contributed by atoms with Gasteiger partial charge in [-0.05, 0) is 82.4 Å². The number of ether oxygens (including phenoxy) is 2. The second-order valence-electron chi connectivity index (χ2n) is 6.87. The average Bonchev–Trinajstić information content (AvgIpc) is 2.79. The van der Waals surface area contributed by atoms with E-state index in [2.05, 4.69) is 26.5 Å². The minimum atomic E-state index is -0.365. The number of amides is 1. The van der Waals surface area contributed by atoms with Gasteiger partial charge in [0.15, 0.2) is 6.61 Å². The van der Waals surface area contributed by atoms with Crippen molar-refractivity contribution in [1.82, 2.24) is 5.43 Å². The molecule has 0 spiro atoms. The average molecular weight is 502 g/mol. The summed E-state index contributed by atoms with van der Waals surface area (Å²) in [6.07, 6.45) is 1.56. The lowest BCUT2D eigenvalue weighted by Crippen LogP contribution is -2.24. The third kappa shape index (κ3) is 6.57. The highest BCUT2D eigenvalue weighted by molar-refractivity contribution is 9.10. The fraction of sp³-hybridized carbons (Fsp3) is 0.167. The summed E-state index contributed by atoms with van der Waals surface area (Å²) in [5.41, 5.74) is 6.14. The van der Waals surface area contributed by atoms with E-state index >= 15 is 0 Å². The number of carbonyl (C=O) groups excluding carboxylic acids is 1. The number of aryl methyl sites for hydroxylation is 1. The molecule has 31 heavy (non-hydrogen) atoms. The van der Waals surface area contributed by atoms with Gasteiger partial charge in [0, 0.05) is 5.02 Å². The minimum Gasteiger partial charge on any atom is -0.489 e. The summed E-state index contributed by atoms with van der Waals surface area (Å²) >= 11 is 9.66. The van der Waals surface area contributed by atoms with E-state index in [0.717, 1.165) is 32.5 Å². The maximum absolute atomic E-state index is 12.0. The summed E-state index contributed by atoms with van der Waals surface area (Å²) in [6, 6.07) is 19.2. The zero-order valence-electron chi connectivity index (χ0n) is 17.2. The molecule has 0 heterocycles. The van der Waals surface area contributed by atoms with Crippen LogP contribution in [0, 0.1) is 13.8 Å². The number of hydrogen-bond donors (Lipinski definition) is 1. The van der Waals surface area contributed by atoms with E-state index in [0.29, 0.717) is 17.4 Å². The summed E-state index contributed by atoms with van der Waals surface area (Å²) in [7, 11) is 0. The van der Waals surface area contributed by atoms with Crippen LogP contribution < -0.4 is 14.9 Å². The molecule has 0 fully saturated rings. The van der Waals surface area contributed by atoms with Gasteiger partial charge in [-0.3, -0.25) is 4.79 Å². The monoisotopic (exact) mass is 500 g/mol. The quantitative estimate of drug-likeness (QED) is 0.312. The Hall–Kier alpha value is -2.83. The molecule has 3 aromatic rings. The van der Waals surface area contributed by atoms with Crippen LogP contribution in [0.5, 0.6) is 11.5 Å². The lowest BCUT2D eigenvalue weighted by molar-refractivity contribution is -0.123. The fourth-order valence-corrected chi connectivity index (χ4v) is 3.44. The van der Waals surface area contributed by atoms with E-state index in [1.54, 1.807) is 12.3 Å². The molecule has 1 amide bonds. The van der Waals surface area contributed by atoms with Crippen LogP contribution in [0.25, 0.3) is 0 Å². The van der Waals surface area contributed by atoms with Crippen molar-refractivity contribution in [3.63, 3.8) is 0 Å². The molecule has 0 bridgehead atoms. The first-order valence-electron chi connectivity index (χ1n) is 9.60. The lowest BCUT2D eigenvalue weighted by atomic mass is 10.1. The van der Waals surface area contributed by atoms with Crippen LogP contribution in [0.3, 0.4) is 0 Å². The molecule has 7 heteroatoms. The summed E-state index contributed by atoms with van der Waals surface area (Å²) in [6.45, 7) is 4.11. The number of benzene rings is 3. The standard InChI is InChI=1S/C24H22BrClN2O3/c1-16-12-21(23(25)17(2)24(16)26)31-15-22(29)28-27-13-18-8-10-20(11-9-18)30-14-19-6-4-3-5-7-19/h3-13H,14-15H2,1-2H3,(H,28,29)/b27-13+. The Bertz CT molecular complexity index is 1070. The van der Waals surface area contributed by atoms with Crippen molar-refractivity contribution in [2.24, 2.45) is 5.10 Å². The zero-order chi connectivity index (χ0) is 22.2. The van der Waals surface area contributed by atoms with Gasteiger partial charge in [0.05, 0.1) is 10.7 Å². The summed E-state index contributed by atoms with van der Waals surface area (Å²) in [5.74, 6) is 0.957. The maximum Gasteiger partial charge on any atom is 0.277 e. The number of carbonyl (C=O) groups is 1. The van der Waals surface area contributed by atoms with Gasteiger partial charge in [-0.15, -0.1) is 0 Å². The van der Waals surface area contributed by atoms with Crippen molar-refractivity contribution >= 4 is 39.7 Å². The van der Waals surface area contributed by atoms with Gasteiger partial charge in [0.25, 0.3) is 5.91 Å². The van der Waals surface area contributed by atoms with Crippen molar-refractivity contribution in [3.05, 3.63) is 92.4 Å². The molecule has 1 N–H and O–H groups in total. The Morgan fingerprint density at radius 3 is 2.52 bits per heavy atom. The first kappa shape index (κ1) is 22.8. The molecule has 160 valence electrons.